The lowest BCUT2D eigenvalue weighted by Crippen LogP contribution is -2.55. The minimum absolute atomic E-state index is 0.130. The molecule has 0 aromatic heterocycles. The fraction of sp³-hybridized carbons (Fsp3) is 1.00. The Balaban J connectivity index is 4.35. The number of rotatable bonds is 5. The summed E-state index contributed by atoms with van der Waals surface area (Å²) in [6.07, 6.45) is 3.40. The number of nitrogens with two attached hydrogens (primary N) is 1. The summed E-state index contributed by atoms with van der Waals surface area (Å²) in [7, 11) is 4.25. The van der Waals surface area contributed by atoms with Gasteiger partial charge in [0.1, 0.15) is 0 Å². The van der Waals surface area contributed by atoms with E-state index < -0.39 is 0 Å². The second-order valence-electron chi connectivity index (χ2n) is 6.31. The van der Waals surface area contributed by atoms with Crippen molar-refractivity contribution in [3.05, 3.63) is 0 Å². The molecule has 0 spiro atoms. The van der Waals surface area contributed by atoms with E-state index in [2.05, 4.69) is 53.6 Å². The molecule has 0 aromatic rings. The van der Waals surface area contributed by atoms with Gasteiger partial charge in [0.05, 0.1) is 0 Å². The van der Waals surface area contributed by atoms with E-state index in [0.29, 0.717) is 5.41 Å². The molecular weight excluding hydrogens is 184 g/mol. The monoisotopic (exact) mass is 214 g/mol. The van der Waals surface area contributed by atoms with E-state index in [1.165, 1.54) is 6.42 Å². The highest BCUT2D eigenvalue weighted by atomic mass is 15.2. The predicted molar refractivity (Wildman–Crippen MR) is 69.0 cm³/mol. The Morgan fingerprint density at radius 1 is 1.13 bits per heavy atom. The zero-order valence-corrected chi connectivity index (χ0v) is 11.7. The minimum Gasteiger partial charge on any atom is -0.326 e. The molecule has 2 unspecified atom stereocenters. The van der Waals surface area contributed by atoms with E-state index in [0.717, 1.165) is 12.8 Å². The predicted octanol–water partition coefficient (Wildman–Crippen LogP) is 2.87. The second kappa shape index (κ2) is 5.31. The maximum atomic E-state index is 6.33. The quantitative estimate of drug-likeness (QED) is 0.762. The molecule has 2 nitrogen and oxygen atoms in total. The van der Waals surface area contributed by atoms with E-state index in [1.807, 2.05) is 0 Å². The van der Waals surface area contributed by atoms with Gasteiger partial charge in [-0.2, -0.15) is 0 Å². The zero-order chi connectivity index (χ0) is 12.3. The zero-order valence-electron chi connectivity index (χ0n) is 11.7. The molecule has 0 fully saturated rings. The van der Waals surface area contributed by atoms with Crippen molar-refractivity contribution in [3.63, 3.8) is 0 Å². The van der Waals surface area contributed by atoms with E-state index in [1.54, 1.807) is 0 Å². The van der Waals surface area contributed by atoms with Crippen LogP contribution in [0.4, 0.5) is 0 Å². The van der Waals surface area contributed by atoms with Crippen LogP contribution in [0.3, 0.4) is 0 Å². The first kappa shape index (κ1) is 14.9. The number of nitrogens with zero attached hydrogens (tertiary/aromatic N) is 1. The van der Waals surface area contributed by atoms with Crippen LogP contribution in [0, 0.1) is 5.41 Å². The van der Waals surface area contributed by atoms with Gasteiger partial charge in [-0.3, -0.25) is 0 Å². The average Bonchev–Trinajstić information content (AvgIpc) is 2.11. The average molecular weight is 214 g/mol. The van der Waals surface area contributed by atoms with Gasteiger partial charge in [-0.15, -0.1) is 0 Å². The van der Waals surface area contributed by atoms with E-state index in [-0.39, 0.29) is 11.6 Å². The highest BCUT2D eigenvalue weighted by molar-refractivity contribution is 4.92. The SMILES string of the molecule is CCC(C)(C(N)CCC(C)(C)C)N(C)C. The second-order valence-corrected chi connectivity index (χ2v) is 6.31. The van der Waals surface area contributed by atoms with Gasteiger partial charge in [-0.1, -0.05) is 27.7 Å². The molecule has 2 N–H and O–H groups in total. The van der Waals surface area contributed by atoms with Crippen molar-refractivity contribution in [1.29, 1.82) is 0 Å². The molecule has 0 aliphatic rings. The smallest absolute Gasteiger partial charge is 0.0323 e. The maximum Gasteiger partial charge on any atom is 0.0323 e. The molecule has 0 amide bonds. The van der Waals surface area contributed by atoms with E-state index >= 15 is 0 Å². The Morgan fingerprint density at radius 3 is 1.87 bits per heavy atom. The summed E-state index contributed by atoms with van der Waals surface area (Å²) in [5.41, 5.74) is 6.85. The van der Waals surface area contributed by atoms with Gasteiger partial charge < -0.3 is 10.6 Å². The first-order valence-electron chi connectivity index (χ1n) is 6.06. The Kier molecular flexibility index (Phi) is 5.28. The Hall–Kier alpha value is -0.0800. The van der Waals surface area contributed by atoms with Crippen molar-refractivity contribution in [2.24, 2.45) is 11.1 Å². The summed E-state index contributed by atoms with van der Waals surface area (Å²) in [4.78, 5) is 2.26. The summed E-state index contributed by atoms with van der Waals surface area (Å²) >= 11 is 0. The third-order valence-electron chi connectivity index (χ3n) is 3.74. The van der Waals surface area contributed by atoms with Crippen molar-refractivity contribution < 1.29 is 0 Å². The van der Waals surface area contributed by atoms with Crippen LogP contribution in [0.15, 0.2) is 0 Å². The molecular formula is C13H30N2. The van der Waals surface area contributed by atoms with Gasteiger partial charge in [0.25, 0.3) is 0 Å². The third kappa shape index (κ3) is 4.52. The van der Waals surface area contributed by atoms with Crippen LogP contribution < -0.4 is 5.73 Å². The van der Waals surface area contributed by atoms with Gasteiger partial charge >= 0.3 is 0 Å². The first-order valence-corrected chi connectivity index (χ1v) is 6.06. The summed E-state index contributed by atoms with van der Waals surface area (Å²) in [5.74, 6) is 0. The van der Waals surface area contributed by atoms with Gasteiger partial charge in [-0.25, -0.2) is 0 Å². The molecule has 0 rings (SSSR count). The summed E-state index contributed by atoms with van der Waals surface area (Å²) in [6.45, 7) is 11.3. The lowest BCUT2D eigenvalue weighted by Gasteiger charge is -2.41. The van der Waals surface area contributed by atoms with Crippen molar-refractivity contribution in [2.45, 2.75) is 65.5 Å². The molecule has 0 radical (unpaired) electrons. The van der Waals surface area contributed by atoms with Gasteiger partial charge in [0.2, 0.25) is 0 Å². The van der Waals surface area contributed by atoms with Crippen molar-refractivity contribution in [2.75, 3.05) is 14.1 Å². The van der Waals surface area contributed by atoms with Crippen LogP contribution in [0.2, 0.25) is 0 Å². The Labute approximate surface area is 96.2 Å². The molecule has 0 aliphatic carbocycles. The summed E-state index contributed by atoms with van der Waals surface area (Å²) in [5, 5.41) is 0. The summed E-state index contributed by atoms with van der Waals surface area (Å²) in [6, 6.07) is 0.261. The molecule has 0 saturated heterocycles. The lowest BCUT2D eigenvalue weighted by atomic mass is 9.81. The van der Waals surface area contributed by atoms with Crippen LogP contribution in [-0.2, 0) is 0 Å². The number of hydrogen-bond donors (Lipinski definition) is 1. The normalized spacial score (nSPS) is 19.0. The minimum atomic E-state index is 0.130. The van der Waals surface area contributed by atoms with Crippen molar-refractivity contribution in [3.8, 4) is 0 Å². The number of hydrogen-bond acceptors (Lipinski definition) is 2. The van der Waals surface area contributed by atoms with Gasteiger partial charge in [0, 0.05) is 11.6 Å². The van der Waals surface area contributed by atoms with Crippen LogP contribution in [0.1, 0.15) is 53.9 Å². The first-order chi connectivity index (χ1) is 6.63. The molecule has 2 heteroatoms. The lowest BCUT2D eigenvalue weighted by molar-refractivity contribution is 0.120. The van der Waals surface area contributed by atoms with E-state index in [9.17, 15) is 0 Å². The summed E-state index contributed by atoms with van der Waals surface area (Å²) < 4.78 is 0. The van der Waals surface area contributed by atoms with Crippen molar-refractivity contribution in [1.82, 2.24) is 4.90 Å². The topological polar surface area (TPSA) is 29.3 Å². The Bertz CT molecular complexity index is 181. The molecule has 0 bridgehead atoms. The molecule has 0 aromatic carbocycles. The molecule has 0 aliphatic heterocycles. The van der Waals surface area contributed by atoms with Crippen LogP contribution in [-0.4, -0.2) is 30.6 Å². The molecule has 15 heavy (non-hydrogen) atoms. The van der Waals surface area contributed by atoms with E-state index in [4.69, 9.17) is 5.73 Å². The van der Waals surface area contributed by atoms with Gasteiger partial charge in [0.15, 0.2) is 0 Å². The largest absolute Gasteiger partial charge is 0.326 e. The molecule has 92 valence electrons. The van der Waals surface area contributed by atoms with Gasteiger partial charge in [-0.05, 0) is 45.7 Å². The Morgan fingerprint density at radius 2 is 1.60 bits per heavy atom. The standard InChI is InChI=1S/C13H30N2/c1-8-13(5,15(6)7)11(14)9-10-12(2,3)4/h11H,8-10,14H2,1-7H3. The van der Waals surface area contributed by atoms with Crippen LogP contribution in [0.5, 0.6) is 0 Å². The number of likely N-dealkylation sites (N-methyl/N-ethyl adjacent to an activating group) is 1. The molecule has 0 heterocycles. The maximum absolute atomic E-state index is 6.33. The molecule has 2 atom stereocenters. The van der Waals surface area contributed by atoms with Crippen molar-refractivity contribution >= 4 is 0 Å². The fourth-order valence-electron chi connectivity index (χ4n) is 1.81. The highest BCUT2D eigenvalue weighted by Crippen LogP contribution is 2.27. The third-order valence-corrected chi connectivity index (χ3v) is 3.74. The highest BCUT2D eigenvalue weighted by Gasteiger charge is 2.32. The van der Waals surface area contributed by atoms with Crippen LogP contribution >= 0.6 is 0 Å². The van der Waals surface area contributed by atoms with Crippen LogP contribution in [0.25, 0.3) is 0 Å². The fourth-order valence-corrected chi connectivity index (χ4v) is 1.81. The molecule has 0 saturated carbocycles.